The Kier molecular flexibility index (Phi) is 7.53. The van der Waals surface area contributed by atoms with Gasteiger partial charge in [0.1, 0.15) is 12.2 Å². The number of halogens is 6. The summed E-state index contributed by atoms with van der Waals surface area (Å²) in [7, 11) is 2.69. The second-order valence-corrected chi connectivity index (χ2v) is 8.56. The number of esters is 1. The highest BCUT2D eigenvalue weighted by atomic mass is 35.5. The molecule has 0 fully saturated rings. The van der Waals surface area contributed by atoms with Gasteiger partial charge in [-0.2, -0.15) is 22.0 Å². The lowest BCUT2D eigenvalue weighted by atomic mass is 9.96. The molecule has 0 N–H and O–H groups in total. The molecule has 0 saturated heterocycles. The van der Waals surface area contributed by atoms with Gasteiger partial charge in [-0.15, -0.1) is 10.2 Å². The zero-order valence-corrected chi connectivity index (χ0v) is 20.9. The van der Waals surface area contributed by atoms with Crippen molar-refractivity contribution in [3.8, 4) is 17.2 Å². The molecule has 3 aromatic rings. The predicted molar refractivity (Wildman–Crippen MR) is 123 cm³/mol. The van der Waals surface area contributed by atoms with Gasteiger partial charge in [0.15, 0.2) is 17.3 Å². The van der Waals surface area contributed by atoms with Crippen LogP contribution in [0.4, 0.5) is 22.0 Å². The van der Waals surface area contributed by atoms with E-state index in [-0.39, 0.29) is 40.7 Å². The van der Waals surface area contributed by atoms with Crippen LogP contribution >= 0.6 is 11.6 Å². The van der Waals surface area contributed by atoms with Gasteiger partial charge in [-0.25, -0.2) is 0 Å². The molecular formula is C24H21ClF5N3O5. The van der Waals surface area contributed by atoms with Crippen LogP contribution in [0.15, 0.2) is 36.4 Å². The lowest BCUT2D eigenvalue weighted by molar-refractivity contribution is -0.147. The normalized spacial score (nSPS) is 17.3. The highest BCUT2D eigenvalue weighted by molar-refractivity contribution is 6.21. The van der Waals surface area contributed by atoms with Crippen molar-refractivity contribution < 1.29 is 45.7 Å². The topological polar surface area (TPSA) is 84.7 Å². The summed E-state index contributed by atoms with van der Waals surface area (Å²) in [5.74, 6) is -1.74. The van der Waals surface area contributed by atoms with E-state index in [1.54, 1.807) is 19.1 Å². The van der Waals surface area contributed by atoms with Gasteiger partial charge in [-0.1, -0.05) is 12.1 Å². The Morgan fingerprint density at radius 3 is 2.42 bits per heavy atom. The maximum atomic E-state index is 14.4. The number of methoxy groups -OCH3 is 2. The van der Waals surface area contributed by atoms with Crippen LogP contribution in [0.3, 0.4) is 0 Å². The van der Waals surface area contributed by atoms with Crippen LogP contribution in [0.25, 0.3) is 5.69 Å². The minimum atomic E-state index is -4.77. The molecule has 2 heterocycles. The van der Waals surface area contributed by atoms with Gasteiger partial charge in [0.2, 0.25) is 5.82 Å². The van der Waals surface area contributed by atoms with Gasteiger partial charge < -0.3 is 18.9 Å². The smallest absolute Gasteiger partial charge is 0.416 e. The molecule has 0 spiro atoms. The summed E-state index contributed by atoms with van der Waals surface area (Å²) in [5.41, 5.74) is -1.20. The first-order valence-electron chi connectivity index (χ1n) is 11.2. The molecule has 0 bridgehead atoms. The average molecular weight is 562 g/mol. The number of para-hydroxylation sites is 1. The fourth-order valence-corrected chi connectivity index (χ4v) is 4.36. The number of hydrogen-bond donors (Lipinski definition) is 0. The lowest BCUT2D eigenvalue weighted by Crippen LogP contribution is -2.18. The van der Waals surface area contributed by atoms with Crippen molar-refractivity contribution in [3.05, 3.63) is 64.7 Å². The molecule has 1 aliphatic rings. The van der Waals surface area contributed by atoms with E-state index >= 15 is 0 Å². The SMILES string of the molecule is CCOC(=O)C[C@H]1O[C@H](c2cccc(OC)c2OC)c2cc(C(F)(F)F)ccc2-n2c1nnc2C(F)(F)Cl. The van der Waals surface area contributed by atoms with Gasteiger partial charge in [0.25, 0.3) is 0 Å². The van der Waals surface area contributed by atoms with Crippen molar-refractivity contribution in [1.29, 1.82) is 0 Å². The molecule has 0 saturated carbocycles. The first-order valence-corrected chi connectivity index (χ1v) is 11.5. The number of hydrogen-bond acceptors (Lipinski definition) is 7. The molecule has 1 aromatic heterocycles. The summed E-state index contributed by atoms with van der Waals surface area (Å²) in [4.78, 5) is 12.4. The van der Waals surface area contributed by atoms with E-state index in [9.17, 15) is 26.7 Å². The standard InChI is InChI=1S/C24H21ClF5N3O5/c1-4-37-18(34)11-17-21-31-32-22(23(25,26)27)33(21)15-9-8-12(24(28,29)30)10-14(15)19(38-17)13-6-5-7-16(35-2)20(13)36-3/h5-10,17,19H,4,11H2,1-3H3/t17-,19-/m1/s1. The van der Waals surface area contributed by atoms with E-state index in [0.717, 1.165) is 22.8 Å². The van der Waals surface area contributed by atoms with Crippen LogP contribution in [0.1, 0.15) is 53.9 Å². The van der Waals surface area contributed by atoms with Crippen molar-refractivity contribution >= 4 is 17.6 Å². The number of rotatable bonds is 7. The molecule has 0 amide bonds. The Labute approximate surface area is 218 Å². The fourth-order valence-electron chi connectivity index (χ4n) is 4.24. The van der Waals surface area contributed by atoms with Gasteiger partial charge in [0.05, 0.1) is 38.5 Å². The number of alkyl halides is 6. The second kappa shape index (κ2) is 10.4. The molecule has 0 aliphatic carbocycles. The van der Waals surface area contributed by atoms with Crippen molar-refractivity contribution in [2.24, 2.45) is 0 Å². The van der Waals surface area contributed by atoms with Crippen LogP contribution < -0.4 is 9.47 Å². The number of aromatic nitrogens is 3. The third-order valence-electron chi connectivity index (χ3n) is 5.78. The summed E-state index contributed by atoms with van der Waals surface area (Å²) in [6, 6.07) is 7.12. The van der Waals surface area contributed by atoms with Gasteiger partial charge in [-0.05, 0) is 42.8 Å². The minimum absolute atomic E-state index is 0.0194. The number of benzene rings is 2. The Morgan fingerprint density at radius 1 is 1.08 bits per heavy atom. The molecule has 0 radical (unpaired) electrons. The molecule has 8 nitrogen and oxygen atoms in total. The van der Waals surface area contributed by atoms with Crippen molar-refractivity contribution in [1.82, 2.24) is 14.8 Å². The summed E-state index contributed by atoms with van der Waals surface area (Å²) in [5, 5.41) is 3.20. The summed E-state index contributed by atoms with van der Waals surface area (Å²) < 4.78 is 92.9. The Hall–Kier alpha value is -3.45. The number of nitrogens with zero attached hydrogens (tertiary/aromatic N) is 3. The molecular weight excluding hydrogens is 541 g/mol. The van der Waals surface area contributed by atoms with E-state index in [1.807, 2.05) is 0 Å². The van der Waals surface area contributed by atoms with Crippen LogP contribution in [0, 0.1) is 0 Å². The van der Waals surface area contributed by atoms with Crippen LogP contribution in [-0.2, 0) is 25.8 Å². The van der Waals surface area contributed by atoms with Gasteiger partial charge >= 0.3 is 17.5 Å². The van der Waals surface area contributed by atoms with Crippen molar-refractivity contribution in [3.63, 3.8) is 0 Å². The Morgan fingerprint density at radius 2 is 1.82 bits per heavy atom. The number of ether oxygens (including phenoxy) is 4. The van der Waals surface area contributed by atoms with E-state index < -0.39 is 47.5 Å². The average Bonchev–Trinajstić information content (AvgIpc) is 3.26. The molecule has 38 heavy (non-hydrogen) atoms. The van der Waals surface area contributed by atoms with Crippen molar-refractivity contribution in [2.45, 2.75) is 37.1 Å². The minimum Gasteiger partial charge on any atom is -0.493 e. The molecule has 2 aromatic carbocycles. The molecule has 1 aliphatic heterocycles. The van der Waals surface area contributed by atoms with E-state index in [1.165, 1.54) is 20.3 Å². The molecule has 204 valence electrons. The lowest BCUT2D eigenvalue weighted by Gasteiger charge is -2.25. The van der Waals surface area contributed by atoms with Crippen LogP contribution in [0.2, 0.25) is 0 Å². The number of carbonyl (C=O) groups is 1. The number of carbonyl (C=O) groups excluding carboxylic acids is 1. The monoisotopic (exact) mass is 561 g/mol. The largest absolute Gasteiger partial charge is 0.493 e. The summed E-state index contributed by atoms with van der Waals surface area (Å²) in [6.07, 6.45) is -8.03. The summed E-state index contributed by atoms with van der Waals surface area (Å²) in [6.45, 7) is 1.59. The van der Waals surface area contributed by atoms with E-state index in [4.69, 9.17) is 30.5 Å². The summed E-state index contributed by atoms with van der Waals surface area (Å²) >= 11 is 5.30. The van der Waals surface area contributed by atoms with Crippen LogP contribution in [-0.4, -0.2) is 41.6 Å². The van der Waals surface area contributed by atoms with Crippen LogP contribution in [0.5, 0.6) is 11.5 Å². The zero-order valence-electron chi connectivity index (χ0n) is 20.2. The Balaban J connectivity index is 2.05. The second-order valence-electron chi connectivity index (χ2n) is 8.08. The zero-order chi connectivity index (χ0) is 27.8. The quantitative estimate of drug-likeness (QED) is 0.208. The molecule has 14 heteroatoms. The van der Waals surface area contributed by atoms with Gasteiger partial charge in [0, 0.05) is 11.1 Å². The molecule has 4 rings (SSSR count). The predicted octanol–water partition coefficient (Wildman–Crippen LogP) is 5.71. The number of fused-ring (bicyclic) bond motifs is 3. The third-order valence-corrected chi connectivity index (χ3v) is 5.95. The van der Waals surface area contributed by atoms with E-state index in [2.05, 4.69) is 10.2 Å². The van der Waals surface area contributed by atoms with Crippen molar-refractivity contribution in [2.75, 3.05) is 20.8 Å². The maximum Gasteiger partial charge on any atom is 0.416 e. The van der Waals surface area contributed by atoms with Gasteiger partial charge in [-0.3, -0.25) is 9.36 Å². The maximum absolute atomic E-state index is 14.4. The fraction of sp³-hybridized carbons (Fsp3) is 0.375. The molecule has 0 unspecified atom stereocenters. The first-order chi connectivity index (χ1) is 17.9. The molecule has 2 atom stereocenters. The third kappa shape index (κ3) is 5.12. The highest BCUT2D eigenvalue weighted by Crippen LogP contribution is 2.48. The van der Waals surface area contributed by atoms with E-state index in [0.29, 0.717) is 0 Å². The Bertz CT molecular complexity index is 1340. The highest BCUT2D eigenvalue weighted by Gasteiger charge is 2.43. The first kappa shape index (κ1) is 27.6.